The molecule has 0 amide bonds. The maximum Gasteiger partial charge on any atom is 0.472 e. The first-order valence-corrected chi connectivity index (χ1v) is 22.3. The van der Waals surface area contributed by atoms with Gasteiger partial charge in [0.25, 0.3) is 0 Å². The highest BCUT2D eigenvalue weighted by Crippen LogP contribution is 2.47. The van der Waals surface area contributed by atoms with Gasteiger partial charge in [-0.25, -0.2) is 4.57 Å². The van der Waals surface area contributed by atoms with Crippen molar-refractivity contribution in [2.24, 2.45) is 0 Å². The molecule has 0 spiro atoms. The van der Waals surface area contributed by atoms with Gasteiger partial charge in [-0.3, -0.25) is 18.6 Å². The van der Waals surface area contributed by atoms with Crippen molar-refractivity contribution < 1.29 is 63.1 Å². The van der Waals surface area contributed by atoms with Crippen molar-refractivity contribution in [1.29, 1.82) is 0 Å². The second kappa shape index (κ2) is 32.1. The summed E-state index contributed by atoms with van der Waals surface area (Å²) in [4.78, 5) is 35.5. The molecule has 55 heavy (non-hydrogen) atoms. The van der Waals surface area contributed by atoms with Crippen LogP contribution in [-0.4, -0.2) is 98.3 Å². The zero-order valence-electron chi connectivity index (χ0n) is 33.5. The van der Waals surface area contributed by atoms with E-state index in [9.17, 15) is 44.6 Å². The monoisotopic (exact) mass is 804 g/mol. The van der Waals surface area contributed by atoms with E-state index in [2.05, 4.69) is 50.3 Å². The van der Waals surface area contributed by atoms with Crippen LogP contribution in [0.4, 0.5) is 0 Å². The molecule has 14 heteroatoms. The lowest BCUT2D eigenvalue weighted by Crippen LogP contribution is -2.64. The smallest absolute Gasteiger partial charge is 0.462 e. The van der Waals surface area contributed by atoms with Crippen LogP contribution in [0, 0.1) is 0 Å². The number of rotatable bonds is 33. The fourth-order valence-corrected chi connectivity index (χ4v) is 6.97. The van der Waals surface area contributed by atoms with Crippen molar-refractivity contribution in [2.75, 3.05) is 13.2 Å². The Morgan fingerprint density at radius 2 is 1.00 bits per heavy atom. The van der Waals surface area contributed by atoms with Gasteiger partial charge in [-0.05, 0) is 64.2 Å². The third-order valence-electron chi connectivity index (χ3n) is 9.45. The number of carbonyl (C=O) groups excluding carboxylic acids is 2. The zero-order valence-corrected chi connectivity index (χ0v) is 34.4. The molecule has 0 aromatic heterocycles. The van der Waals surface area contributed by atoms with E-state index >= 15 is 0 Å². The second-order valence-corrected chi connectivity index (χ2v) is 15.9. The normalized spacial score (nSPS) is 23.4. The molecule has 1 saturated carbocycles. The zero-order chi connectivity index (χ0) is 40.7. The summed E-state index contributed by atoms with van der Waals surface area (Å²) in [5.41, 5.74) is 0. The molecule has 0 aromatic carbocycles. The molecule has 0 aliphatic heterocycles. The summed E-state index contributed by atoms with van der Waals surface area (Å²) in [6.45, 7) is 3.18. The molecule has 6 N–H and O–H groups in total. The van der Waals surface area contributed by atoms with E-state index in [-0.39, 0.29) is 12.8 Å². The minimum absolute atomic E-state index is 0.0825. The molecular weight excluding hydrogens is 731 g/mol. The number of esters is 2. The van der Waals surface area contributed by atoms with Crippen LogP contribution in [0.2, 0.25) is 0 Å². The van der Waals surface area contributed by atoms with Crippen LogP contribution < -0.4 is 0 Å². The van der Waals surface area contributed by atoms with Crippen LogP contribution in [0.3, 0.4) is 0 Å². The molecule has 0 radical (unpaired) electrons. The molecule has 1 fully saturated rings. The molecule has 1 aliphatic carbocycles. The molecule has 320 valence electrons. The van der Waals surface area contributed by atoms with E-state index in [1.807, 2.05) is 0 Å². The Morgan fingerprint density at radius 1 is 0.564 bits per heavy atom. The average molecular weight is 805 g/mol. The largest absolute Gasteiger partial charge is 0.472 e. The van der Waals surface area contributed by atoms with Gasteiger partial charge < -0.3 is 39.9 Å². The Hall–Kier alpha value is -1.93. The molecule has 0 aromatic rings. The molecule has 1 aliphatic rings. The van der Waals surface area contributed by atoms with Crippen LogP contribution in [0.25, 0.3) is 0 Å². The first-order valence-electron chi connectivity index (χ1n) is 20.8. The highest BCUT2D eigenvalue weighted by molar-refractivity contribution is 7.47. The molecule has 6 unspecified atom stereocenters. The highest BCUT2D eigenvalue weighted by atomic mass is 31.2. The number of allylic oxidation sites excluding steroid dienone is 6. The van der Waals surface area contributed by atoms with Gasteiger partial charge in [-0.15, -0.1) is 0 Å². The topological polar surface area (TPSA) is 210 Å². The van der Waals surface area contributed by atoms with Crippen molar-refractivity contribution in [2.45, 2.75) is 198 Å². The average Bonchev–Trinajstić information content (AvgIpc) is 3.16. The second-order valence-electron chi connectivity index (χ2n) is 14.5. The fourth-order valence-electron chi connectivity index (χ4n) is 6.00. The first-order chi connectivity index (χ1) is 26.4. The summed E-state index contributed by atoms with van der Waals surface area (Å²) >= 11 is 0. The third kappa shape index (κ3) is 25.1. The molecule has 0 bridgehead atoms. The number of hydrogen-bond donors (Lipinski definition) is 6. The number of hydrogen-bond acceptors (Lipinski definition) is 12. The number of aliphatic hydroxyl groups is 5. The van der Waals surface area contributed by atoms with E-state index < -0.39 is 75.7 Å². The van der Waals surface area contributed by atoms with Gasteiger partial charge in [0.15, 0.2) is 6.10 Å². The predicted octanol–water partition coefficient (Wildman–Crippen LogP) is 7.05. The van der Waals surface area contributed by atoms with Crippen molar-refractivity contribution in [1.82, 2.24) is 0 Å². The summed E-state index contributed by atoms with van der Waals surface area (Å²) in [7, 11) is -5.12. The van der Waals surface area contributed by atoms with Gasteiger partial charge in [0.2, 0.25) is 0 Å². The highest BCUT2D eigenvalue weighted by Gasteiger charge is 2.51. The quantitative estimate of drug-likeness (QED) is 0.0170. The van der Waals surface area contributed by atoms with Crippen molar-refractivity contribution in [3.63, 3.8) is 0 Å². The van der Waals surface area contributed by atoms with Gasteiger partial charge in [-0.2, -0.15) is 0 Å². The van der Waals surface area contributed by atoms with Gasteiger partial charge in [0.1, 0.15) is 43.2 Å². The number of unbranched alkanes of at least 4 members (excludes halogenated alkanes) is 15. The molecule has 8 atom stereocenters. The Balaban J connectivity index is 2.52. The third-order valence-corrected chi connectivity index (χ3v) is 10.4. The molecule has 1 rings (SSSR count). The van der Waals surface area contributed by atoms with E-state index in [4.69, 9.17) is 18.5 Å². The SMILES string of the molecule is CCCC/C=C\CCCCCCCC(=O)O[C@H](COC(=O)CCCCCCC/C=C\C/C=C\CCCCC)COP(=O)(O)OC1C(O)C(O)C(O)[C@@H](O)C1O. The van der Waals surface area contributed by atoms with Crippen LogP contribution in [0.1, 0.15) is 155 Å². The standard InChI is InChI=1S/C41H73O13P/c1-3-5-7-9-11-13-15-16-17-18-20-21-23-25-27-29-34(42)51-31-33(53-35(43)30-28-26-24-22-19-14-12-10-8-6-4-2)32-52-55(49,50)54-41-39(47)37(45)36(44)38(46)40(41)48/h10-13,16-17,33,36-41,44-48H,3-9,14-15,18-32H2,1-2H3,(H,49,50)/b12-10-,13-11-,17-16-/t33-,36?,37-,38?,39?,40?,41?/m1/s1. The number of phosphoric ester groups is 1. The van der Waals surface area contributed by atoms with Crippen LogP contribution in [-0.2, 0) is 32.7 Å². The van der Waals surface area contributed by atoms with E-state index in [0.29, 0.717) is 12.8 Å². The van der Waals surface area contributed by atoms with E-state index in [0.717, 1.165) is 83.5 Å². The van der Waals surface area contributed by atoms with Crippen LogP contribution in [0.5, 0.6) is 0 Å². The van der Waals surface area contributed by atoms with E-state index in [1.165, 1.54) is 32.1 Å². The fraction of sp³-hybridized carbons (Fsp3) is 0.805. The van der Waals surface area contributed by atoms with Gasteiger partial charge in [0.05, 0.1) is 6.61 Å². The summed E-state index contributed by atoms with van der Waals surface area (Å²) in [6.07, 6.45) is 20.7. The number of phosphoric acid groups is 1. The van der Waals surface area contributed by atoms with Gasteiger partial charge in [0, 0.05) is 12.8 Å². The van der Waals surface area contributed by atoms with E-state index in [1.54, 1.807) is 0 Å². The van der Waals surface area contributed by atoms with Crippen molar-refractivity contribution >= 4 is 19.8 Å². The van der Waals surface area contributed by atoms with Gasteiger partial charge in [-0.1, -0.05) is 115 Å². The number of ether oxygens (including phenoxy) is 2. The Kier molecular flexibility index (Phi) is 29.8. The Bertz CT molecular complexity index is 1110. The lowest BCUT2D eigenvalue weighted by atomic mass is 9.85. The predicted molar refractivity (Wildman–Crippen MR) is 212 cm³/mol. The molecular formula is C41H73O13P. The minimum atomic E-state index is -5.12. The molecule has 0 heterocycles. The Labute approximate surface area is 329 Å². The lowest BCUT2D eigenvalue weighted by molar-refractivity contribution is -0.220. The lowest BCUT2D eigenvalue weighted by Gasteiger charge is -2.41. The van der Waals surface area contributed by atoms with Gasteiger partial charge >= 0.3 is 19.8 Å². The number of carbonyl (C=O) groups is 2. The summed E-state index contributed by atoms with van der Waals surface area (Å²) < 4.78 is 33.4. The van der Waals surface area contributed by atoms with Crippen LogP contribution in [0.15, 0.2) is 36.5 Å². The maximum atomic E-state index is 12.8. The summed E-state index contributed by atoms with van der Waals surface area (Å²) in [5.74, 6) is -1.13. The van der Waals surface area contributed by atoms with Crippen molar-refractivity contribution in [3.05, 3.63) is 36.5 Å². The Morgan fingerprint density at radius 3 is 1.55 bits per heavy atom. The molecule has 0 saturated heterocycles. The maximum absolute atomic E-state index is 12.8. The number of aliphatic hydroxyl groups excluding tert-OH is 5. The summed E-state index contributed by atoms with van der Waals surface area (Å²) in [6, 6.07) is 0. The van der Waals surface area contributed by atoms with Crippen molar-refractivity contribution in [3.8, 4) is 0 Å². The van der Waals surface area contributed by atoms with Crippen LogP contribution >= 0.6 is 7.82 Å². The first kappa shape index (κ1) is 51.1. The molecule has 13 nitrogen and oxygen atoms in total. The summed E-state index contributed by atoms with van der Waals surface area (Å²) in [5, 5.41) is 50.0. The minimum Gasteiger partial charge on any atom is -0.462 e.